The maximum Gasteiger partial charge on any atom is 0.244 e. The molecule has 3 unspecified atom stereocenters. The molecule has 0 radical (unpaired) electrons. The highest BCUT2D eigenvalue weighted by Crippen LogP contribution is 2.19. The predicted octanol–water partition coefficient (Wildman–Crippen LogP) is 2.14. The number of aliphatic hydroxyl groups is 1. The number of benzene rings is 1. The molecule has 0 aliphatic carbocycles. The number of nitrogens with two attached hydrogens (primary N) is 1. The van der Waals surface area contributed by atoms with E-state index in [2.05, 4.69) is 11.8 Å². The van der Waals surface area contributed by atoms with Crippen LogP contribution in [0.15, 0.2) is 24.3 Å². The Labute approximate surface area is 163 Å². The average molecular weight is 392 g/mol. The van der Waals surface area contributed by atoms with Crippen LogP contribution in [0.2, 0.25) is 0 Å². The van der Waals surface area contributed by atoms with E-state index in [1.165, 1.54) is 0 Å². The molecule has 3 N–H and O–H groups in total. The largest absolute Gasteiger partial charge is 0.392 e. The molecule has 144 valence electrons. The van der Waals surface area contributed by atoms with Crippen LogP contribution in [0.25, 0.3) is 0 Å². The van der Waals surface area contributed by atoms with E-state index in [0.717, 1.165) is 24.1 Å². The minimum absolute atomic E-state index is 0. The molecule has 1 aliphatic rings. The molecule has 1 aromatic rings. The highest BCUT2D eigenvalue weighted by atomic mass is 35.5. The van der Waals surface area contributed by atoms with E-state index in [9.17, 15) is 9.90 Å². The van der Waals surface area contributed by atoms with Crippen molar-refractivity contribution >= 4 is 30.7 Å². The topological polar surface area (TPSA) is 69.8 Å². The first kappa shape index (κ1) is 24.1. The fraction of sp³-hybridized carbons (Fsp3) is 0.611. The van der Waals surface area contributed by atoms with E-state index in [-0.39, 0.29) is 42.9 Å². The molecule has 1 fully saturated rings. The van der Waals surface area contributed by atoms with Crippen molar-refractivity contribution in [3.05, 3.63) is 35.4 Å². The Hall–Kier alpha value is -0.850. The Bertz CT molecular complexity index is 526. The molecule has 1 aromatic carbocycles. The van der Waals surface area contributed by atoms with Crippen molar-refractivity contribution in [1.82, 2.24) is 9.80 Å². The van der Waals surface area contributed by atoms with Gasteiger partial charge in [0.05, 0.1) is 6.10 Å². The summed E-state index contributed by atoms with van der Waals surface area (Å²) in [6.07, 6.45) is 0.608. The standard InChI is InChI=1S/C18H29N3O2.2ClH/c1-4-16-12-21(10-9-20(16)11-14(3)22)18(23)17(19)15-7-5-13(2)6-8-15;;/h5-8,14,16-17,22H,4,9-12,19H2,1-3H3;2*1H. The smallest absolute Gasteiger partial charge is 0.244 e. The first-order valence-electron chi connectivity index (χ1n) is 8.45. The van der Waals surface area contributed by atoms with Crippen LogP contribution in [0.3, 0.4) is 0 Å². The van der Waals surface area contributed by atoms with E-state index in [1.807, 2.05) is 36.1 Å². The molecule has 0 aromatic heterocycles. The van der Waals surface area contributed by atoms with Gasteiger partial charge in [0.2, 0.25) is 5.91 Å². The first-order chi connectivity index (χ1) is 10.9. The van der Waals surface area contributed by atoms with Crippen LogP contribution in [-0.2, 0) is 4.79 Å². The second kappa shape index (κ2) is 11.0. The lowest BCUT2D eigenvalue weighted by Crippen LogP contribution is -2.57. The second-order valence-corrected chi connectivity index (χ2v) is 6.58. The summed E-state index contributed by atoms with van der Waals surface area (Å²) in [5.74, 6) is -0.0102. The molecule has 0 bridgehead atoms. The zero-order valence-corrected chi connectivity index (χ0v) is 16.9. The van der Waals surface area contributed by atoms with Crippen LogP contribution < -0.4 is 5.73 Å². The number of nitrogens with zero attached hydrogens (tertiary/aromatic N) is 2. The van der Waals surface area contributed by atoms with E-state index in [1.54, 1.807) is 6.92 Å². The molecule has 7 heteroatoms. The van der Waals surface area contributed by atoms with Crippen molar-refractivity contribution in [2.75, 3.05) is 26.2 Å². The van der Waals surface area contributed by atoms with Crippen LogP contribution in [0.5, 0.6) is 0 Å². The Morgan fingerprint density at radius 2 is 1.88 bits per heavy atom. The fourth-order valence-corrected chi connectivity index (χ4v) is 3.17. The fourth-order valence-electron chi connectivity index (χ4n) is 3.17. The lowest BCUT2D eigenvalue weighted by molar-refractivity contribution is -0.136. The Kier molecular flexibility index (Phi) is 10.6. The van der Waals surface area contributed by atoms with Crippen molar-refractivity contribution in [3.63, 3.8) is 0 Å². The number of piperazine rings is 1. The van der Waals surface area contributed by atoms with Crippen molar-refractivity contribution in [1.29, 1.82) is 0 Å². The predicted molar refractivity (Wildman–Crippen MR) is 107 cm³/mol. The lowest BCUT2D eigenvalue weighted by atomic mass is 10.0. The van der Waals surface area contributed by atoms with Crippen LogP contribution in [0.1, 0.15) is 37.4 Å². The summed E-state index contributed by atoms with van der Waals surface area (Å²) >= 11 is 0. The van der Waals surface area contributed by atoms with Crippen molar-refractivity contribution < 1.29 is 9.90 Å². The highest BCUT2D eigenvalue weighted by Gasteiger charge is 2.31. The van der Waals surface area contributed by atoms with Gasteiger partial charge in [-0.25, -0.2) is 0 Å². The molecule has 3 atom stereocenters. The molecule has 5 nitrogen and oxygen atoms in total. The van der Waals surface area contributed by atoms with E-state index in [0.29, 0.717) is 19.6 Å². The number of halogens is 2. The first-order valence-corrected chi connectivity index (χ1v) is 8.45. The highest BCUT2D eigenvalue weighted by molar-refractivity contribution is 5.85. The van der Waals surface area contributed by atoms with Gasteiger partial charge >= 0.3 is 0 Å². The average Bonchev–Trinajstić information content (AvgIpc) is 2.54. The molecule has 1 saturated heterocycles. The number of hydrogen-bond donors (Lipinski definition) is 2. The summed E-state index contributed by atoms with van der Waals surface area (Å²) in [7, 11) is 0. The van der Waals surface area contributed by atoms with Gasteiger partial charge in [-0.15, -0.1) is 24.8 Å². The normalized spacial score (nSPS) is 20.2. The van der Waals surface area contributed by atoms with Crippen molar-refractivity contribution in [2.45, 2.75) is 45.4 Å². The van der Waals surface area contributed by atoms with Crippen LogP contribution in [0, 0.1) is 6.92 Å². The Morgan fingerprint density at radius 1 is 1.28 bits per heavy atom. The van der Waals surface area contributed by atoms with E-state index < -0.39 is 6.04 Å². The molecular formula is C18H31Cl2N3O2. The summed E-state index contributed by atoms with van der Waals surface area (Å²) < 4.78 is 0. The minimum Gasteiger partial charge on any atom is -0.392 e. The number of hydrogen-bond acceptors (Lipinski definition) is 4. The molecule has 1 heterocycles. The van der Waals surface area contributed by atoms with Gasteiger partial charge in [-0.1, -0.05) is 36.8 Å². The van der Waals surface area contributed by atoms with Gasteiger partial charge in [0.25, 0.3) is 0 Å². The molecule has 2 rings (SSSR count). The molecule has 0 saturated carbocycles. The number of carbonyl (C=O) groups excluding carboxylic acids is 1. The number of aryl methyl sites for hydroxylation is 1. The van der Waals surface area contributed by atoms with Gasteiger partial charge in [-0.2, -0.15) is 0 Å². The summed E-state index contributed by atoms with van der Waals surface area (Å²) in [5, 5.41) is 9.61. The third kappa shape index (κ3) is 6.42. The number of aliphatic hydroxyl groups excluding tert-OH is 1. The molecule has 1 aliphatic heterocycles. The van der Waals surface area contributed by atoms with Gasteiger partial charge in [0.15, 0.2) is 0 Å². The second-order valence-electron chi connectivity index (χ2n) is 6.58. The Balaban J connectivity index is 0.00000288. The third-order valence-corrected chi connectivity index (χ3v) is 4.59. The third-order valence-electron chi connectivity index (χ3n) is 4.59. The quantitative estimate of drug-likeness (QED) is 0.806. The summed E-state index contributed by atoms with van der Waals surface area (Å²) in [5.41, 5.74) is 8.20. The van der Waals surface area contributed by atoms with Gasteiger partial charge in [-0.05, 0) is 25.8 Å². The SMILES string of the molecule is CCC1CN(C(=O)C(N)c2ccc(C)cc2)CCN1CC(C)O.Cl.Cl. The van der Waals surface area contributed by atoms with E-state index >= 15 is 0 Å². The summed E-state index contributed by atoms with van der Waals surface area (Å²) in [6, 6.07) is 7.51. The monoisotopic (exact) mass is 391 g/mol. The minimum atomic E-state index is -0.601. The van der Waals surface area contributed by atoms with Crippen molar-refractivity contribution in [2.24, 2.45) is 5.73 Å². The number of carbonyl (C=O) groups is 1. The number of β-amino-alcohol motifs (C(OH)–C–C–N with tert-alkyl or cyclic N) is 1. The zero-order chi connectivity index (χ0) is 17.0. The maximum atomic E-state index is 12.7. The molecule has 1 amide bonds. The van der Waals surface area contributed by atoms with Gasteiger partial charge in [0, 0.05) is 32.2 Å². The Morgan fingerprint density at radius 3 is 2.40 bits per heavy atom. The van der Waals surface area contributed by atoms with Gasteiger partial charge < -0.3 is 15.7 Å². The van der Waals surface area contributed by atoms with Gasteiger partial charge in [0.1, 0.15) is 6.04 Å². The van der Waals surface area contributed by atoms with Crippen molar-refractivity contribution in [3.8, 4) is 0 Å². The molecule has 25 heavy (non-hydrogen) atoms. The van der Waals surface area contributed by atoms with Crippen LogP contribution in [0.4, 0.5) is 0 Å². The number of rotatable bonds is 5. The lowest BCUT2D eigenvalue weighted by Gasteiger charge is -2.42. The number of amides is 1. The van der Waals surface area contributed by atoms with Crippen LogP contribution in [-0.4, -0.2) is 59.1 Å². The van der Waals surface area contributed by atoms with Gasteiger partial charge in [-0.3, -0.25) is 9.69 Å². The maximum absolute atomic E-state index is 12.7. The molecule has 0 spiro atoms. The molecular weight excluding hydrogens is 361 g/mol. The summed E-state index contributed by atoms with van der Waals surface area (Å²) in [4.78, 5) is 16.8. The zero-order valence-electron chi connectivity index (χ0n) is 15.2. The van der Waals surface area contributed by atoms with Crippen LogP contribution >= 0.6 is 24.8 Å². The van der Waals surface area contributed by atoms with E-state index in [4.69, 9.17) is 5.73 Å². The summed E-state index contributed by atoms with van der Waals surface area (Å²) in [6.45, 7) is 8.74.